The summed E-state index contributed by atoms with van der Waals surface area (Å²) in [5.41, 5.74) is 1.02. The normalized spacial score (nSPS) is 9.68. The number of aryl methyl sites for hydroxylation is 1. The molecule has 0 saturated carbocycles. The molecule has 0 bridgehead atoms. The van der Waals surface area contributed by atoms with E-state index in [9.17, 15) is 9.90 Å². The maximum atomic E-state index is 10.4. The van der Waals surface area contributed by atoms with Gasteiger partial charge in [-0.15, -0.1) is 0 Å². The summed E-state index contributed by atoms with van der Waals surface area (Å²) in [6.07, 6.45) is 3.43. The molecule has 22 heavy (non-hydrogen) atoms. The molecule has 8 heteroatoms. The third-order valence-corrected chi connectivity index (χ3v) is 3.05. The summed E-state index contributed by atoms with van der Waals surface area (Å²) >= 11 is 5.88. The van der Waals surface area contributed by atoms with Crippen molar-refractivity contribution in [3.05, 3.63) is 35.4 Å². The Morgan fingerprint density at radius 3 is 2.73 bits per heavy atom. The van der Waals surface area contributed by atoms with Gasteiger partial charge in [-0.3, -0.25) is 4.79 Å². The van der Waals surface area contributed by atoms with Gasteiger partial charge < -0.3 is 17.5 Å². The van der Waals surface area contributed by atoms with Crippen LogP contribution in [0.25, 0.3) is 11.3 Å². The van der Waals surface area contributed by atoms with Crippen LogP contribution in [-0.4, -0.2) is 21.2 Å². The average molecular weight is 344 g/mol. The zero-order valence-electron chi connectivity index (χ0n) is 14.7. The Morgan fingerprint density at radius 1 is 1.32 bits per heavy atom. The second-order valence-corrected chi connectivity index (χ2v) is 4.83. The van der Waals surface area contributed by atoms with Crippen molar-refractivity contribution < 1.29 is 81.4 Å². The molecule has 5 nitrogen and oxygen atoms in total. The van der Waals surface area contributed by atoms with E-state index >= 15 is 0 Å². The molecule has 0 spiro atoms. The van der Waals surface area contributed by atoms with Gasteiger partial charge in [0.25, 0.3) is 0 Å². The van der Waals surface area contributed by atoms with Crippen molar-refractivity contribution in [1.82, 2.24) is 4.98 Å². The van der Waals surface area contributed by atoms with Gasteiger partial charge in [0.15, 0.2) is 5.89 Å². The number of phenolic OH excluding ortho intramolecular Hbond substituents is 1. The molecule has 0 aliphatic carbocycles. The summed E-state index contributed by atoms with van der Waals surface area (Å²) < 4.78 is 5.31. The van der Waals surface area contributed by atoms with Crippen LogP contribution in [0, 0.1) is 0 Å². The van der Waals surface area contributed by atoms with Crippen LogP contribution in [0.1, 0.15) is 28.0 Å². The molecular formula is C14H16ClNNa2O4. The molecule has 0 aliphatic heterocycles. The number of aromatic hydroxyl groups is 1. The third kappa shape index (κ3) is 6.62. The van der Waals surface area contributed by atoms with Gasteiger partial charge in [0.1, 0.15) is 17.7 Å². The second kappa shape index (κ2) is 10.7. The molecule has 2 N–H and O–H groups in total. The molecule has 1 aromatic carbocycles. The van der Waals surface area contributed by atoms with E-state index in [-0.39, 0.29) is 74.1 Å². The fourth-order valence-electron chi connectivity index (χ4n) is 1.82. The molecule has 2 aromatic rings. The number of hydrogen-bond acceptors (Lipinski definition) is 4. The van der Waals surface area contributed by atoms with E-state index in [1.807, 2.05) is 0 Å². The third-order valence-electron chi connectivity index (χ3n) is 2.82. The van der Waals surface area contributed by atoms with E-state index < -0.39 is 5.97 Å². The maximum absolute atomic E-state index is 10.4. The topological polar surface area (TPSA) is 83.6 Å². The fourth-order valence-corrected chi connectivity index (χ4v) is 1.99. The van der Waals surface area contributed by atoms with Crippen molar-refractivity contribution in [1.29, 1.82) is 0 Å². The van der Waals surface area contributed by atoms with Gasteiger partial charge in [-0.2, -0.15) is 0 Å². The average Bonchev–Trinajstić information content (AvgIpc) is 2.86. The molecule has 0 atom stereocenters. The quantitative estimate of drug-likeness (QED) is 0.456. The summed E-state index contributed by atoms with van der Waals surface area (Å²) in [7, 11) is 0. The first-order chi connectivity index (χ1) is 9.56. The van der Waals surface area contributed by atoms with E-state index in [1.54, 1.807) is 12.1 Å². The summed E-state index contributed by atoms with van der Waals surface area (Å²) in [4.78, 5) is 14.7. The number of carboxylic acids is 1. The van der Waals surface area contributed by atoms with Gasteiger partial charge >= 0.3 is 65.1 Å². The standard InChI is InChI=1S/C14H14ClNO4.2Na.2H/c15-9-5-6-12(17)10(7-9)11-8-20-13(16-11)3-1-2-4-14(18)19;;;;/h5-8,17H,1-4H2,(H,18,19);;;;/q;2*+1;2*-1. The Morgan fingerprint density at radius 2 is 2.05 bits per heavy atom. The van der Waals surface area contributed by atoms with Gasteiger partial charge in [-0.1, -0.05) is 11.6 Å². The Kier molecular flexibility index (Phi) is 10.7. The van der Waals surface area contributed by atoms with Crippen molar-refractivity contribution in [3.8, 4) is 17.0 Å². The van der Waals surface area contributed by atoms with Crippen LogP contribution in [-0.2, 0) is 11.2 Å². The van der Waals surface area contributed by atoms with Crippen LogP contribution >= 0.6 is 11.6 Å². The number of carboxylic acid groups (broad SMARTS) is 1. The molecule has 2 rings (SSSR count). The largest absolute Gasteiger partial charge is 1.00 e. The number of phenols is 1. The molecule has 0 unspecified atom stereocenters. The van der Waals surface area contributed by atoms with Gasteiger partial charge in [-0.05, 0) is 31.0 Å². The van der Waals surface area contributed by atoms with Crippen LogP contribution in [0.15, 0.2) is 28.9 Å². The van der Waals surface area contributed by atoms with Crippen molar-refractivity contribution in [2.45, 2.75) is 25.7 Å². The Labute approximate surface area is 180 Å². The first-order valence-corrected chi connectivity index (χ1v) is 6.59. The first-order valence-electron chi connectivity index (χ1n) is 6.21. The zero-order chi connectivity index (χ0) is 14.5. The molecule has 0 saturated heterocycles. The number of unbranched alkanes of at least 4 members (excludes halogenated alkanes) is 1. The van der Waals surface area contributed by atoms with Crippen LogP contribution in [0.4, 0.5) is 0 Å². The Bertz CT molecular complexity index is 629. The molecule has 1 aromatic heterocycles. The SMILES string of the molecule is O=C(O)CCCCc1nc(-c2cc(Cl)ccc2O)co1.[H-].[H-].[Na+].[Na+]. The van der Waals surface area contributed by atoms with E-state index in [1.165, 1.54) is 12.3 Å². The summed E-state index contributed by atoms with van der Waals surface area (Å²) in [6, 6.07) is 4.70. The minimum atomic E-state index is -0.804. The monoisotopic (exact) mass is 343 g/mol. The van der Waals surface area contributed by atoms with Crippen molar-refractivity contribution >= 4 is 17.6 Å². The Hall–Kier alpha value is -0.01000. The van der Waals surface area contributed by atoms with Gasteiger partial charge in [-0.25, -0.2) is 4.98 Å². The first kappa shape index (κ1) is 22.0. The summed E-state index contributed by atoms with van der Waals surface area (Å²) in [5.74, 6) is -0.202. The molecule has 0 radical (unpaired) electrons. The minimum Gasteiger partial charge on any atom is -1.00 e. The number of hydrogen-bond donors (Lipinski definition) is 2. The number of aromatic nitrogens is 1. The number of rotatable bonds is 6. The van der Waals surface area contributed by atoms with Crippen LogP contribution in [0.2, 0.25) is 5.02 Å². The van der Waals surface area contributed by atoms with Gasteiger partial charge in [0, 0.05) is 23.4 Å². The maximum Gasteiger partial charge on any atom is 1.00 e. The fraction of sp³-hybridized carbons (Fsp3) is 0.286. The van der Waals surface area contributed by atoms with Crippen molar-refractivity contribution in [2.24, 2.45) is 0 Å². The van der Waals surface area contributed by atoms with E-state index in [0.717, 1.165) is 0 Å². The van der Waals surface area contributed by atoms with Crippen LogP contribution < -0.4 is 59.1 Å². The minimum absolute atomic E-state index is 0. The van der Waals surface area contributed by atoms with Crippen molar-refractivity contribution in [3.63, 3.8) is 0 Å². The molecule has 110 valence electrons. The van der Waals surface area contributed by atoms with E-state index in [2.05, 4.69) is 4.98 Å². The van der Waals surface area contributed by atoms with E-state index in [0.29, 0.717) is 41.4 Å². The second-order valence-electron chi connectivity index (χ2n) is 4.39. The molecule has 0 amide bonds. The number of nitrogens with zero attached hydrogens (tertiary/aromatic N) is 1. The molecule has 0 fully saturated rings. The zero-order valence-corrected chi connectivity index (χ0v) is 17.4. The van der Waals surface area contributed by atoms with Gasteiger partial charge in [0.05, 0.1) is 0 Å². The summed E-state index contributed by atoms with van der Waals surface area (Å²) in [5, 5.41) is 18.8. The van der Waals surface area contributed by atoms with Gasteiger partial charge in [0.2, 0.25) is 0 Å². The van der Waals surface area contributed by atoms with Crippen LogP contribution in [0.3, 0.4) is 0 Å². The molecular weight excluding hydrogens is 328 g/mol. The van der Waals surface area contributed by atoms with E-state index in [4.69, 9.17) is 21.1 Å². The number of halogens is 1. The van der Waals surface area contributed by atoms with Crippen LogP contribution in [0.5, 0.6) is 5.75 Å². The number of carbonyl (C=O) groups is 1. The summed E-state index contributed by atoms with van der Waals surface area (Å²) in [6.45, 7) is 0. The molecule has 0 aliphatic rings. The van der Waals surface area contributed by atoms with Crippen molar-refractivity contribution in [2.75, 3.05) is 0 Å². The predicted octanol–water partition coefficient (Wildman–Crippen LogP) is -2.27. The number of oxazole rings is 1. The molecule has 1 heterocycles. The number of aliphatic carboxylic acids is 1. The number of benzene rings is 1. The predicted molar refractivity (Wildman–Crippen MR) is 76.0 cm³/mol. The smallest absolute Gasteiger partial charge is 1.00 e. The Balaban J connectivity index is -0.00000110.